The highest BCUT2D eigenvalue weighted by atomic mass is 16.2. The molecule has 0 radical (unpaired) electrons. The molecule has 168 valence electrons. The number of anilines is 1. The van der Waals surface area contributed by atoms with Crippen molar-refractivity contribution >= 4 is 29.1 Å². The van der Waals surface area contributed by atoms with Crippen LogP contribution in [0.25, 0.3) is 11.0 Å². The van der Waals surface area contributed by atoms with Crippen molar-refractivity contribution in [3.8, 4) is 0 Å². The summed E-state index contributed by atoms with van der Waals surface area (Å²) in [7, 11) is 0. The van der Waals surface area contributed by atoms with Crippen LogP contribution in [0, 0.1) is 0 Å². The van der Waals surface area contributed by atoms with Crippen molar-refractivity contribution in [3.05, 3.63) is 29.7 Å². The number of aliphatic imine (C=N–C) groups is 1. The predicted octanol–water partition coefficient (Wildman–Crippen LogP) is 1.84. The maximum Gasteiger partial charge on any atom is 0.268 e. The Hall–Kier alpha value is -2.94. The highest BCUT2D eigenvalue weighted by molar-refractivity contribution is 5.99. The Morgan fingerprint density at radius 3 is 2.78 bits per heavy atom. The summed E-state index contributed by atoms with van der Waals surface area (Å²) in [4.78, 5) is 29.1. The third-order valence-corrected chi connectivity index (χ3v) is 7.32. The third kappa shape index (κ3) is 3.35. The van der Waals surface area contributed by atoms with Crippen LogP contribution in [0.2, 0.25) is 0 Å². The fraction of sp³-hybridized carbons (Fsp3) is 0.565. The number of carbonyl (C=O) groups is 1. The number of nitrogens with one attached hydrogen (secondary N) is 3. The van der Waals surface area contributed by atoms with E-state index in [2.05, 4.69) is 36.5 Å². The number of rotatable bonds is 3. The van der Waals surface area contributed by atoms with Crippen LogP contribution in [0.5, 0.6) is 0 Å². The Labute approximate surface area is 187 Å². The molecule has 1 spiro atoms. The number of amides is 1. The number of hydrogen-bond donors (Lipinski definition) is 3. The summed E-state index contributed by atoms with van der Waals surface area (Å²) < 4.78 is 2.21. The molecule has 1 aliphatic carbocycles. The number of carbonyl (C=O) groups excluding carboxylic acids is 1. The predicted molar refractivity (Wildman–Crippen MR) is 124 cm³/mol. The number of fused-ring (bicyclic) bond motifs is 4. The van der Waals surface area contributed by atoms with Gasteiger partial charge >= 0.3 is 0 Å². The van der Waals surface area contributed by atoms with Crippen molar-refractivity contribution in [2.24, 2.45) is 4.99 Å². The second-order valence-electron chi connectivity index (χ2n) is 9.35. The van der Waals surface area contributed by atoms with Crippen LogP contribution in [0.4, 0.5) is 5.95 Å². The Bertz CT molecular complexity index is 1090. The maximum atomic E-state index is 12.6. The van der Waals surface area contributed by atoms with E-state index in [0.29, 0.717) is 18.2 Å². The van der Waals surface area contributed by atoms with E-state index in [1.807, 2.05) is 18.5 Å². The summed E-state index contributed by atoms with van der Waals surface area (Å²) in [6.45, 7) is 4.75. The van der Waals surface area contributed by atoms with Gasteiger partial charge in [0.05, 0.1) is 11.2 Å². The molecule has 1 saturated carbocycles. The van der Waals surface area contributed by atoms with Gasteiger partial charge in [-0.1, -0.05) is 25.3 Å². The average molecular weight is 435 g/mol. The van der Waals surface area contributed by atoms with E-state index >= 15 is 0 Å². The van der Waals surface area contributed by atoms with Crippen molar-refractivity contribution in [1.29, 1.82) is 0 Å². The number of aromatic nitrogens is 3. The van der Waals surface area contributed by atoms with E-state index in [-0.39, 0.29) is 17.6 Å². The molecule has 0 bridgehead atoms. The van der Waals surface area contributed by atoms with E-state index in [9.17, 15) is 4.79 Å². The number of nitrogens with zero attached hydrogens (tertiary/aromatic N) is 5. The van der Waals surface area contributed by atoms with Crippen LogP contribution in [-0.2, 0) is 5.54 Å². The van der Waals surface area contributed by atoms with E-state index < -0.39 is 0 Å². The van der Waals surface area contributed by atoms with Crippen LogP contribution < -0.4 is 16.0 Å². The van der Waals surface area contributed by atoms with Crippen LogP contribution in [0.15, 0.2) is 29.0 Å². The number of allylic oxidation sites excluding steroid dienone is 1. The first-order valence-electron chi connectivity index (χ1n) is 11.8. The Morgan fingerprint density at radius 1 is 1.16 bits per heavy atom. The van der Waals surface area contributed by atoms with Gasteiger partial charge in [-0.3, -0.25) is 9.79 Å². The van der Waals surface area contributed by atoms with Crippen molar-refractivity contribution in [1.82, 2.24) is 30.1 Å². The standard InChI is InChI=1S/C23H30N8O/c32-21-18-12-16-13-26-22(28-19-5-4-17(14-25-19)30-10-8-24-9-11-30)29-20(16)31(18)23(15-27-21)6-2-1-3-7-23/h4,12-14,19,24H,1-3,5-11,15H2,(H,27,32)(H,26,28,29). The highest BCUT2D eigenvalue weighted by Crippen LogP contribution is 2.40. The lowest BCUT2D eigenvalue weighted by molar-refractivity contribution is 0.0833. The Morgan fingerprint density at radius 2 is 2.00 bits per heavy atom. The van der Waals surface area contributed by atoms with Gasteiger partial charge in [-0.05, 0) is 18.9 Å². The number of piperazine rings is 1. The molecular formula is C23H30N8O. The fourth-order valence-corrected chi connectivity index (χ4v) is 5.62. The Balaban J connectivity index is 1.26. The first kappa shape index (κ1) is 19.7. The minimum absolute atomic E-state index is 0.0174. The molecule has 5 heterocycles. The zero-order valence-corrected chi connectivity index (χ0v) is 18.3. The quantitative estimate of drug-likeness (QED) is 0.682. The van der Waals surface area contributed by atoms with Gasteiger partial charge in [0.2, 0.25) is 5.95 Å². The van der Waals surface area contributed by atoms with Gasteiger partial charge in [0.25, 0.3) is 5.91 Å². The van der Waals surface area contributed by atoms with Gasteiger partial charge in [0, 0.05) is 56.9 Å². The lowest BCUT2D eigenvalue weighted by Gasteiger charge is -2.42. The second-order valence-corrected chi connectivity index (χ2v) is 9.35. The molecule has 32 heavy (non-hydrogen) atoms. The molecule has 2 aromatic rings. The zero-order valence-electron chi connectivity index (χ0n) is 18.3. The van der Waals surface area contributed by atoms with E-state index in [0.717, 1.165) is 56.5 Å². The highest BCUT2D eigenvalue weighted by Gasteiger charge is 2.41. The topological polar surface area (TPSA) is 99.5 Å². The third-order valence-electron chi connectivity index (χ3n) is 7.32. The first-order valence-corrected chi connectivity index (χ1v) is 11.8. The molecule has 1 saturated heterocycles. The molecule has 1 unspecified atom stereocenters. The summed E-state index contributed by atoms with van der Waals surface area (Å²) >= 11 is 0. The van der Waals surface area contributed by atoms with E-state index in [1.165, 1.54) is 25.0 Å². The van der Waals surface area contributed by atoms with Gasteiger partial charge in [0.1, 0.15) is 17.5 Å². The van der Waals surface area contributed by atoms with Gasteiger partial charge in [-0.25, -0.2) is 4.98 Å². The maximum absolute atomic E-state index is 12.6. The molecule has 6 rings (SSSR count). The summed E-state index contributed by atoms with van der Waals surface area (Å²) in [5, 5.41) is 10.8. The molecule has 1 atom stereocenters. The van der Waals surface area contributed by atoms with Crippen molar-refractivity contribution in [3.63, 3.8) is 0 Å². The summed E-state index contributed by atoms with van der Waals surface area (Å²) in [5.41, 5.74) is 2.69. The molecule has 3 aliphatic heterocycles. The lowest BCUT2D eigenvalue weighted by Crippen LogP contribution is -2.52. The lowest BCUT2D eigenvalue weighted by atomic mass is 9.80. The smallest absolute Gasteiger partial charge is 0.268 e. The number of dihydropyridines is 1. The minimum atomic E-state index is -0.0816. The zero-order chi connectivity index (χ0) is 21.5. The molecular weight excluding hydrogens is 404 g/mol. The molecule has 4 aliphatic rings. The van der Waals surface area contributed by atoms with Crippen LogP contribution >= 0.6 is 0 Å². The monoisotopic (exact) mass is 434 g/mol. The molecule has 3 N–H and O–H groups in total. The molecule has 0 aromatic carbocycles. The van der Waals surface area contributed by atoms with Gasteiger partial charge < -0.3 is 25.4 Å². The van der Waals surface area contributed by atoms with Gasteiger partial charge in [0.15, 0.2) is 0 Å². The molecule has 2 fully saturated rings. The number of hydrogen-bond acceptors (Lipinski definition) is 7. The van der Waals surface area contributed by atoms with Gasteiger partial charge in [-0.15, -0.1) is 0 Å². The fourth-order valence-electron chi connectivity index (χ4n) is 5.62. The average Bonchev–Trinajstić information content (AvgIpc) is 3.24. The van der Waals surface area contributed by atoms with E-state index in [4.69, 9.17) is 9.98 Å². The van der Waals surface area contributed by atoms with E-state index in [1.54, 1.807) is 0 Å². The largest absolute Gasteiger partial charge is 0.368 e. The first-order chi connectivity index (χ1) is 15.7. The molecule has 2 aromatic heterocycles. The van der Waals surface area contributed by atoms with Crippen molar-refractivity contribution in [2.75, 3.05) is 38.0 Å². The Kier molecular flexibility index (Phi) is 4.86. The molecule has 9 heteroatoms. The van der Waals surface area contributed by atoms with Gasteiger partial charge in [-0.2, -0.15) is 4.98 Å². The molecule has 9 nitrogen and oxygen atoms in total. The SMILES string of the molecule is O=C1NCC2(CCCCC2)n2c1cc1cnc(NC3CC=C(N4CCNCC4)C=N3)nc12. The van der Waals surface area contributed by atoms with Crippen LogP contribution in [0.3, 0.4) is 0 Å². The summed E-state index contributed by atoms with van der Waals surface area (Å²) in [6.07, 6.45) is 12.5. The van der Waals surface area contributed by atoms with Crippen molar-refractivity contribution < 1.29 is 4.79 Å². The molecule has 1 amide bonds. The second kappa shape index (κ2) is 7.88. The minimum Gasteiger partial charge on any atom is -0.368 e. The normalized spacial score (nSPS) is 24.9. The van der Waals surface area contributed by atoms with Crippen LogP contribution in [-0.4, -0.2) is 70.4 Å². The summed E-state index contributed by atoms with van der Waals surface area (Å²) in [5.74, 6) is 0.549. The summed E-state index contributed by atoms with van der Waals surface area (Å²) in [6, 6.07) is 1.94. The van der Waals surface area contributed by atoms with Crippen LogP contribution in [0.1, 0.15) is 49.0 Å². The van der Waals surface area contributed by atoms with Crippen molar-refractivity contribution in [2.45, 2.75) is 50.2 Å².